The summed E-state index contributed by atoms with van der Waals surface area (Å²) in [6.07, 6.45) is -0.0167. The van der Waals surface area contributed by atoms with Crippen LogP contribution in [0.25, 0.3) is 0 Å². The van der Waals surface area contributed by atoms with Gasteiger partial charge < -0.3 is 5.11 Å². The van der Waals surface area contributed by atoms with Crippen LogP contribution in [-0.4, -0.2) is 15.3 Å². The summed E-state index contributed by atoms with van der Waals surface area (Å²) in [6.45, 7) is 0. The highest BCUT2D eigenvalue weighted by Crippen LogP contribution is 2.20. The number of aliphatic carboxylic acids is 1. The third-order valence-electron chi connectivity index (χ3n) is 2.79. The van der Waals surface area contributed by atoms with Crippen LogP contribution >= 0.6 is 15.9 Å². The third kappa shape index (κ3) is 4.02. The van der Waals surface area contributed by atoms with Gasteiger partial charge in [0.25, 0.3) is 0 Å². The highest BCUT2D eigenvalue weighted by molar-refractivity contribution is 9.10. The normalized spacial score (nSPS) is 12.1. The fourth-order valence-corrected chi connectivity index (χ4v) is 3.52. The van der Waals surface area contributed by atoms with Gasteiger partial charge in [0.2, 0.25) is 0 Å². The van der Waals surface area contributed by atoms with E-state index < -0.39 is 16.8 Å². The van der Waals surface area contributed by atoms with Crippen molar-refractivity contribution in [2.75, 3.05) is 0 Å². The molecule has 0 amide bonds. The van der Waals surface area contributed by atoms with E-state index in [1.54, 1.807) is 24.3 Å². The Bertz CT molecular complexity index is 638. The van der Waals surface area contributed by atoms with Crippen LogP contribution in [0.4, 0.5) is 0 Å². The van der Waals surface area contributed by atoms with E-state index in [4.69, 9.17) is 5.11 Å². The molecule has 1 atom stereocenters. The lowest BCUT2D eigenvalue weighted by Crippen LogP contribution is -2.01. The summed E-state index contributed by atoms with van der Waals surface area (Å²) in [5.41, 5.74) is 1.69. The lowest BCUT2D eigenvalue weighted by Gasteiger charge is -2.05. The summed E-state index contributed by atoms with van der Waals surface area (Å²) >= 11 is 3.44. The molecule has 104 valence electrons. The summed E-state index contributed by atoms with van der Waals surface area (Å²) in [6, 6.07) is 14.5. The van der Waals surface area contributed by atoms with Gasteiger partial charge >= 0.3 is 5.97 Å². The molecule has 1 N–H and O–H groups in total. The Balaban J connectivity index is 2.10. The van der Waals surface area contributed by atoms with Crippen molar-refractivity contribution in [1.29, 1.82) is 0 Å². The van der Waals surface area contributed by atoms with Crippen molar-refractivity contribution in [3.8, 4) is 0 Å². The van der Waals surface area contributed by atoms with Crippen molar-refractivity contribution in [3.63, 3.8) is 0 Å². The molecule has 0 aliphatic carbocycles. The van der Waals surface area contributed by atoms with Crippen molar-refractivity contribution >= 4 is 32.7 Å². The van der Waals surface area contributed by atoms with Gasteiger partial charge in [0.05, 0.1) is 23.0 Å². The van der Waals surface area contributed by atoms with E-state index in [-0.39, 0.29) is 6.42 Å². The molecule has 0 heterocycles. The lowest BCUT2D eigenvalue weighted by atomic mass is 10.2. The molecule has 0 aliphatic rings. The molecule has 0 bridgehead atoms. The maximum atomic E-state index is 12.3. The first-order valence-electron chi connectivity index (χ1n) is 5.99. The summed E-state index contributed by atoms with van der Waals surface area (Å²) < 4.78 is 13.2. The van der Waals surface area contributed by atoms with Crippen molar-refractivity contribution < 1.29 is 14.1 Å². The molecule has 20 heavy (non-hydrogen) atoms. The van der Waals surface area contributed by atoms with Gasteiger partial charge in [-0.15, -0.1) is 0 Å². The standard InChI is InChI=1S/C15H13BrO3S/c16-14-4-2-1-3-12(14)10-20(19)13-7-5-11(6-8-13)9-15(17)18/h1-8H,9-10H2,(H,17,18). The van der Waals surface area contributed by atoms with Gasteiger partial charge in [-0.3, -0.25) is 9.00 Å². The van der Waals surface area contributed by atoms with Crippen LogP contribution in [0.3, 0.4) is 0 Å². The second-order valence-corrected chi connectivity index (χ2v) is 6.60. The Kier molecular flexibility index (Phi) is 5.09. The van der Waals surface area contributed by atoms with E-state index in [0.717, 1.165) is 10.0 Å². The quantitative estimate of drug-likeness (QED) is 0.897. The van der Waals surface area contributed by atoms with Gasteiger partial charge in [0.1, 0.15) is 0 Å². The van der Waals surface area contributed by atoms with E-state index in [9.17, 15) is 9.00 Å². The monoisotopic (exact) mass is 352 g/mol. The predicted molar refractivity (Wildman–Crippen MR) is 82.0 cm³/mol. The second-order valence-electron chi connectivity index (χ2n) is 4.30. The number of carboxylic acids is 1. The molecule has 0 spiro atoms. The van der Waals surface area contributed by atoms with E-state index in [1.165, 1.54) is 0 Å². The number of carbonyl (C=O) groups is 1. The molecule has 0 saturated carbocycles. The number of benzene rings is 2. The average Bonchev–Trinajstić information content (AvgIpc) is 2.41. The van der Waals surface area contributed by atoms with Gasteiger partial charge in [0.15, 0.2) is 0 Å². The molecule has 2 aromatic carbocycles. The largest absolute Gasteiger partial charge is 0.481 e. The molecule has 0 aliphatic heterocycles. The Morgan fingerprint density at radius 3 is 2.35 bits per heavy atom. The first-order chi connectivity index (χ1) is 9.56. The Hall–Kier alpha value is -1.46. The van der Waals surface area contributed by atoms with Crippen LogP contribution in [0.15, 0.2) is 57.9 Å². The average molecular weight is 353 g/mol. The fourth-order valence-electron chi connectivity index (χ4n) is 1.77. The summed E-state index contributed by atoms with van der Waals surface area (Å²) in [5, 5.41) is 8.71. The fraction of sp³-hybridized carbons (Fsp3) is 0.133. The highest BCUT2D eigenvalue weighted by atomic mass is 79.9. The van der Waals surface area contributed by atoms with Gasteiger partial charge in [-0.05, 0) is 29.3 Å². The van der Waals surface area contributed by atoms with Crippen LogP contribution in [0.1, 0.15) is 11.1 Å². The first kappa shape index (κ1) is 14.9. The molecule has 3 nitrogen and oxygen atoms in total. The number of carboxylic acid groups (broad SMARTS) is 1. The smallest absolute Gasteiger partial charge is 0.307 e. The number of hydrogen-bond acceptors (Lipinski definition) is 2. The molecule has 2 aromatic rings. The molecule has 2 rings (SSSR count). The van der Waals surface area contributed by atoms with Crippen LogP contribution in [0.5, 0.6) is 0 Å². The minimum Gasteiger partial charge on any atom is -0.481 e. The molecular weight excluding hydrogens is 340 g/mol. The zero-order valence-corrected chi connectivity index (χ0v) is 13.0. The molecule has 1 unspecified atom stereocenters. The van der Waals surface area contributed by atoms with E-state index in [0.29, 0.717) is 16.2 Å². The number of hydrogen-bond donors (Lipinski definition) is 1. The minimum absolute atomic E-state index is 0.0167. The van der Waals surface area contributed by atoms with Crippen LogP contribution in [-0.2, 0) is 27.8 Å². The molecule has 0 saturated heterocycles. The van der Waals surface area contributed by atoms with Crippen LogP contribution in [0.2, 0.25) is 0 Å². The van der Waals surface area contributed by atoms with Gasteiger partial charge in [-0.1, -0.05) is 46.3 Å². The Morgan fingerprint density at radius 2 is 1.75 bits per heavy atom. The zero-order valence-electron chi connectivity index (χ0n) is 10.6. The van der Waals surface area contributed by atoms with E-state index >= 15 is 0 Å². The van der Waals surface area contributed by atoms with Crippen molar-refractivity contribution in [1.82, 2.24) is 0 Å². The van der Waals surface area contributed by atoms with Gasteiger partial charge in [0, 0.05) is 9.37 Å². The van der Waals surface area contributed by atoms with Crippen molar-refractivity contribution in [2.24, 2.45) is 0 Å². The SMILES string of the molecule is O=C(O)Cc1ccc(S(=O)Cc2ccccc2Br)cc1. The van der Waals surface area contributed by atoms with Crippen LogP contribution in [0, 0.1) is 0 Å². The highest BCUT2D eigenvalue weighted by Gasteiger charge is 2.08. The zero-order chi connectivity index (χ0) is 14.5. The summed E-state index contributed by atoms with van der Waals surface area (Å²) in [7, 11) is -1.14. The summed E-state index contributed by atoms with van der Waals surface area (Å²) in [4.78, 5) is 11.3. The van der Waals surface area contributed by atoms with E-state index in [1.807, 2.05) is 24.3 Å². The summed E-state index contributed by atoms with van der Waals surface area (Å²) in [5.74, 6) is -0.438. The van der Waals surface area contributed by atoms with Gasteiger partial charge in [-0.2, -0.15) is 0 Å². The molecule has 0 radical (unpaired) electrons. The Morgan fingerprint density at radius 1 is 1.10 bits per heavy atom. The maximum Gasteiger partial charge on any atom is 0.307 e. The second kappa shape index (κ2) is 6.81. The van der Waals surface area contributed by atoms with Crippen molar-refractivity contribution in [3.05, 3.63) is 64.1 Å². The Labute approximate surface area is 128 Å². The van der Waals surface area contributed by atoms with Gasteiger partial charge in [-0.25, -0.2) is 0 Å². The molecule has 0 fully saturated rings. The van der Waals surface area contributed by atoms with Crippen LogP contribution < -0.4 is 0 Å². The number of halogens is 1. The predicted octanol–water partition coefficient (Wildman–Crippen LogP) is 3.38. The lowest BCUT2D eigenvalue weighted by molar-refractivity contribution is -0.136. The maximum absolute atomic E-state index is 12.3. The third-order valence-corrected chi connectivity index (χ3v) is 4.93. The van der Waals surface area contributed by atoms with E-state index in [2.05, 4.69) is 15.9 Å². The number of rotatable bonds is 5. The molecule has 0 aromatic heterocycles. The minimum atomic E-state index is -1.14. The topological polar surface area (TPSA) is 54.4 Å². The van der Waals surface area contributed by atoms with Crippen molar-refractivity contribution in [2.45, 2.75) is 17.1 Å². The first-order valence-corrected chi connectivity index (χ1v) is 8.10. The molecular formula is C15H13BrO3S. The molecule has 5 heteroatoms.